The minimum Gasteiger partial charge on any atom is -0.316 e. The van der Waals surface area contributed by atoms with Crippen LogP contribution >= 0.6 is 11.8 Å². The van der Waals surface area contributed by atoms with Crippen LogP contribution in [0.15, 0.2) is 0 Å². The molecule has 2 atom stereocenters. The van der Waals surface area contributed by atoms with Crippen molar-refractivity contribution in [3.8, 4) is 0 Å². The molecule has 17 heavy (non-hydrogen) atoms. The van der Waals surface area contributed by atoms with Gasteiger partial charge in [0.15, 0.2) is 0 Å². The van der Waals surface area contributed by atoms with Crippen molar-refractivity contribution in [3.05, 3.63) is 0 Å². The van der Waals surface area contributed by atoms with E-state index in [1.54, 1.807) is 6.92 Å². The summed E-state index contributed by atoms with van der Waals surface area (Å²) < 4.78 is 22.8. The van der Waals surface area contributed by atoms with Gasteiger partial charge in [0.05, 0.1) is 5.75 Å². The lowest BCUT2D eigenvalue weighted by Crippen LogP contribution is -2.37. The largest absolute Gasteiger partial charge is 0.316 e. The van der Waals surface area contributed by atoms with Crippen LogP contribution in [0, 0.1) is 0 Å². The number of sulfone groups is 1. The second-order valence-electron chi connectivity index (χ2n) is 4.68. The van der Waals surface area contributed by atoms with Crippen LogP contribution < -0.4 is 5.32 Å². The molecule has 5 heteroatoms. The van der Waals surface area contributed by atoms with Crippen LogP contribution in [0.3, 0.4) is 0 Å². The van der Waals surface area contributed by atoms with Crippen molar-refractivity contribution in [1.29, 1.82) is 0 Å². The molecule has 0 radical (unpaired) electrons. The van der Waals surface area contributed by atoms with E-state index >= 15 is 0 Å². The zero-order chi connectivity index (χ0) is 12.7. The fourth-order valence-electron chi connectivity index (χ4n) is 2.27. The molecule has 1 N–H and O–H groups in total. The van der Waals surface area contributed by atoms with Crippen LogP contribution in [-0.2, 0) is 9.84 Å². The summed E-state index contributed by atoms with van der Waals surface area (Å²) in [5.74, 6) is 1.88. The topological polar surface area (TPSA) is 46.2 Å². The molecule has 1 heterocycles. The molecule has 3 nitrogen and oxygen atoms in total. The first-order valence-corrected chi connectivity index (χ1v) is 9.45. The van der Waals surface area contributed by atoms with Crippen LogP contribution in [0.25, 0.3) is 0 Å². The SMILES string of the molecule is CCS(=O)(=O)CCCC(NC)C1CCCCS1. The Labute approximate surface area is 110 Å². The van der Waals surface area contributed by atoms with E-state index in [-0.39, 0.29) is 5.75 Å². The predicted molar refractivity (Wildman–Crippen MR) is 76.5 cm³/mol. The number of rotatable bonds is 7. The standard InChI is InChI=1S/C12H25NO2S2/c1-3-17(14,15)10-6-7-11(13-2)12-8-4-5-9-16-12/h11-13H,3-10H2,1-2H3. The van der Waals surface area contributed by atoms with Gasteiger partial charge in [-0.15, -0.1) is 0 Å². The van der Waals surface area contributed by atoms with Gasteiger partial charge in [-0.1, -0.05) is 13.3 Å². The Morgan fingerprint density at radius 3 is 2.71 bits per heavy atom. The molecule has 1 aliphatic heterocycles. The average molecular weight is 279 g/mol. The molecule has 2 unspecified atom stereocenters. The van der Waals surface area contributed by atoms with Gasteiger partial charge < -0.3 is 5.32 Å². The summed E-state index contributed by atoms with van der Waals surface area (Å²) in [6.45, 7) is 1.72. The molecule has 0 aromatic rings. The van der Waals surface area contributed by atoms with Gasteiger partial charge in [0.2, 0.25) is 0 Å². The molecule has 0 spiro atoms. The number of thioether (sulfide) groups is 1. The molecule has 0 amide bonds. The van der Waals surface area contributed by atoms with Gasteiger partial charge in [-0.2, -0.15) is 11.8 Å². The Morgan fingerprint density at radius 1 is 1.41 bits per heavy atom. The summed E-state index contributed by atoms with van der Waals surface area (Å²) in [6.07, 6.45) is 5.70. The molecule has 1 fully saturated rings. The third kappa shape index (κ3) is 5.62. The fraction of sp³-hybridized carbons (Fsp3) is 1.00. The van der Waals surface area contributed by atoms with E-state index in [0.29, 0.717) is 17.0 Å². The zero-order valence-corrected chi connectivity index (χ0v) is 12.6. The molecule has 1 aliphatic rings. The normalized spacial score (nSPS) is 23.5. The Kier molecular flexibility index (Phi) is 6.89. The third-order valence-corrected chi connectivity index (χ3v) is 6.75. The highest BCUT2D eigenvalue weighted by molar-refractivity contribution is 8.00. The zero-order valence-electron chi connectivity index (χ0n) is 10.9. The molecular weight excluding hydrogens is 254 g/mol. The number of nitrogens with one attached hydrogen (secondary N) is 1. The van der Waals surface area contributed by atoms with Gasteiger partial charge in [0.25, 0.3) is 0 Å². The quantitative estimate of drug-likeness (QED) is 0.775. The van der Waals surface area contributed by atoms with E-state index < -0.39 is 9.84 Å². The van der Waals surface area contributed by atoms with E-state index in [2.05, 4.69) is 5.32 Å². The molecular formula is C12H25NO2S2. The van der Waals surface area contributed by atoms with Crippen molar-refractivity contribution < 1.29 is 8.42 Å². The van der Waals surface area contributed by atoms with Crippen LogP contribution in [0.4, 0.5) is 0 Å². The highest BCUT2D eigenvalue weighted by Crippen LogP contribution is 2.29. The summed E-state index contributed by atoms with van der Waals surface area (Å²) >= 11 is 2.05. The van der Waals surface area contributed by atoms with Gasteiger partial charge in [-0.05, 0) is 38.5 Å². The molecule has 102 valence electrons. The van der Waals surface area contributed by atoms with Crippen LogP contribution in [0.2, 0.25) is 0 Å². The Morgan fingerprint density at radius 2 is 2.18 bits per heavy atom. The minimum atomic E-state index is -2.79. The lowest BCUT2D eigenvalue weighted by Gasteiger charge is -2.29. The lowest BCUT2D eigenvalue weighted by molar-refractivity contribution is 0.465. The van der Waals surface area contributed by atoms with E-state index in [1.807, 2.05) is 18.8 Å². The second-order valence-corrected chi connectivity index (χ2v) is 8.50. The van der Waals surface area contributed by atoms with Gasteiger partial charge in [0.1, 0.15) is 9.84 Å². The summed E-state index contributed by atoms with van der Waals surface area (Å²) in [6, 6.07) is 0.479. The fourth-order valence-corrected chi connectivity index (χ4v) is 4.67. The Hall–Kier alpha value is 0.260. The van der Waals surface area contributed by atoms with E-state index in [9.17, 15) is 8.42 Å². The first-order chi connectivity index (χ1) is 8.09. The van der Waals surface area contributed by atoms with Crippen LogP contribution in [0.5, 0.6) is 0 Å². The van der Waals surface area contributed by atoms with Crippen LogP contribution in [0.1, 0.15) is 39.0 Å². The molecule has 0 aromatic heterocycles. The molecule has 0 saturated carbocycles. The van der Waals surface area contributed by atoms with Crippen LogP contribution in [-0.4, -0.2) is 44.0 Å². The molecule has 0 aromatic carbocycles. The van der Waals surface area contributed by atoms with Crippen molar-refractivity contribution in [2.45, 2.75) is 50.3 Å². The average Bonchev–Trinajstić information content (AvgIpc) is 2.36. The molecule has 1 rings (SSSR count). The van der Waals surface area contributed by atoms with Gasteiger partial charge in [0, 0.05) is 17.0 Å². The van der Waals surface area contributed by atoms with E-state index in [0.717, 1.165) is 12.8 Å². The number of hydrogen-bond donors (Lipinski definition) is 1. The highest BCUT2D eigenvalue weighted by Gasteiger charge is 2.23. The van der Waals surface area contributed by atoms with Gasteiger partial charge in [-0.3, -0.25) is 0 Å². The maximum absolute atomic E-state index is 11.4. The smallest absolute Gasteiger partial charge is 0.150 e. The van der Waals surface area contributed by atoms with E-state index in [4.69, 9.17) is 0 Å². The van der Waals surface area contributed by atoms with Crippen molar-refractivity contribution in [3.63, 3.8) is 0 Å². The number of hydrogen-bond acceptors (Lipinski definition) is 4. The molecule has 0 bridgehead atoms. The maximum atomic E-state index is 11.4. The summed E-state index contributed by atoms with van der Waals surface area (Å²) in [7, 11) is -0.794. The third-order valence-electron chi connectivity index (χ3n) is 3.44. The lowest BCUT2D eigenvalue weighted by atomic mass is 10.0. The van der Waals surface area contributed by atoms with Gasteiger partial charge >= 0.3 is 0 Å². The minimum absolute atomic E-state index is 0.273. The Bertz CT molecular complexity index is 298. The van der Waals surface area contributed by atoms with Crippen molar-refractivity contribution in [2.75, 3.05) is 24.3 Å². The molecule has 1 saturated heterocycles. The summed E-state index contributed by atoms with van der Waals surface area (Å²) in [5.41, 5.74) is 0. The van der Waals surface area contributed by atoms with Crippen molar-refractivity contribution >= 4 is 21.6 Å². The first kappa shape index (κ1) is 15.3. The first-order valence-electron chi connectivity index (χ1n) is 6.58. The monoisotopic (exact) mass is 279 g/mol. The van der Waals surface area contributed by atoms with Crippen molar-refractivity contribution in [1.82, 2.24) is 5.32 Å². The second kappa shape index (κ2) is 7.64. The van der Waals surface area contributed by atoms with Gasteiger partial charge in [-0.25, -0.2) is 8.42 Å². The summed E-state index contributed by atoms with van der Waals surface area (Å²) in [4.78, 5) is 0. The Balaban J connectivity index is 2.31. The maximum Gasteiger partial charge on any atom is 0.150 e. The highest BCUT2D eigenvalue weighted by atomic mass is 32.2. The van der Waals surface area contributed by atoms with Crippen molar-refractivity contribution in [2.24, 2.45) is 0 Å². The predicted octanol–water partition coefficient (Wildman–Crippen LogP) is 2.07. The summed E-state index contributed by atoms with van der Waals surface area (Å²) in [5, 5.41) is 4.04. The van der Waals surface area contributed by atoms with E-state index in [1.165, 1.54) is 25.0 Å². The molecule has 0 aliphatic carbocycles.